The fourth-order valence-electron chi connectivity index (χ4n) is 1.69. The summed E-state index contributed by atoms with van der Waals surface area (Å²) in [5, 5.41) is 5.12. The van der Waals surface area contributed by atoms with Crippen molar-refractivity contribution in [3.63, 3.8) is 0 Å². The molecule has 0 atom stereocenters. The zero-order chi connectivity index (χ0) is 15.9. The van der Waals surface area contributed by atoms with Crippen molar-refractivity contribution in [1.82, 2.24) is 0 Å². The number of amides is 3. The fraction of sp³-hybridized carbons (Fsp3) is 0.0667. The minimum absolute atomic E-state index is 0.103. The Morgan fingerprint density at radius 3 is 2.32 bits per heavy atom. The van der Waals surface area contributed by atoms with E-state index >= 15 is 0 Å². The third-order valence-electron chi connectivity index (χ3n) is 2.60. The largest absolute Gasteiger partial charge is 0.484 e. The quantitative estimate of drug-likeness (QED) is 0.661. The van der Waals surface area contributed by atoms with Crippen molar-refractivity contribution in [2.75, 3.05) is 17.2 Å². The number of ether oxygens (including phenoxy) is 1. The van der Waals surface area contributed by atoms with Gasteiger partial charge in [0, 0.05) is 14.9 Å². The third-order valence-corrected chi connectivity index (χ3v) is 3.32. The van der Waals surface area contributed by atoms with Crippen LogP contribution in [-0.4, -0.2) is 18.5 Å². The Morgan fingerprint density at radius 2 is 1.68 bits per heavy atom. The molecule has 3 amide bonds. The van der Waals surface area contributed by atoms with Gasteiger partial charge in [-0.05, 0) is 65.1 Å². The Labute approximate surface area is 141 Å². The van der Waals surface area contributed by atoms with Gasteiger partial charge in [-0.15, -0.1) is 0 Å². The molecule has 0 aliphatic carbocycles. The van der Waals surface area contributed by atoms with E-state index in [0.717, 1.165) is 3.57 Å². The molecule has 0 aromatic heterocycles. The number of anilines is 2. The van der Waals surface area contributed by atoms with Crippen molar-refractivity contribution in [2.45, 2.75) is 0 Å². The van der Waals surface area contributed by atoms with Gasteiger partial charge in [-0.3, -0.25) is 4.79 Å². The molecular weight excluding hydrogens is 397 g/mol. The third kappa shape index (κ3) is 5.24. The van der Waals surface area contributed by atoms with E-state index in [9.17, 15) is 9.59 Å². The Morgan fingerprint density at radius 1 is 1.05 bits per heavy atom. The monoisotopic (exact) mass is 411 g/mol. The molecule has 2 aromatic carbocycles. The molecule has 0 bridgehead atoms. The molecule has 0 saturated carbocycles. The number of urea groups is 1. The second kappa shape index (κ2) is 7.64. The number of carbonyl (C=O) groups is 2. The van der Waals surface area contributed by atoms with Gasteiger partial charge in [-0.25, -0.2) is 4.79 Å². The van der Waals surface area contributed by atoms with Gasteiger partial charge in [0.05, 0.1) is 0 Å². The fourth-order valence-corrected chi connectivity index (χ4v) is 2.05. The molecule has 0 radical (unpaired) electrons. The summed E-state index contributed by atoms with van der Waals surface area (Å²) in [4.78, 5) is 22.6. The summed E-state index contributed by atoms with van der Waals surface area (Å²) in [6, 6.07) is 13.4. The van der Waals surface area contributed by atoms with E-state index in [4.69, 9.17) is 10.5 Å². The highest BCUT2D eigenvalue weighted by atomic mass is 127. The normalized spacial score (nSPS) is 9.86. The van der Waals surface area contributed by atoms with Crippen molar-refractivity contribution in [1.29, 1.82) is 0 Å². The molecule has 22 heavy (non-hydrogen) atoms. The van der Waals surface area contributed by atoms with Crippen LogP contribution in [0.15, 0.2) is 48.5 Å². The smallest absolute Gasteiger partial charge is 0.316 e. The maximum atomic E-state index is 11.8. The number of halogens is 1. The summed E-state index contributed by atoms with van der Waals surface area (Å²) in [6.07, 6.45) is 0. The molecule has 0 aliphatic heterocycles. The van der Waals surface area contributed by atoms with E-state index < -0.39 is 6.03 Å². The number of benzene rings is 2. The molecule has 114 valence electrons. The molecule has 0 fully saturated rings. The van der Waals surface area contributed by atoms with Gasteiger partial charge >= 0.3 is 6.03 Å². The molecule has 4 N–H and O–H groups in total. The lowest BCUT2D eigenvalue weighted by molar-refractivity contribution is -0.118. The molecule has 0 heterocycles. The van der Waals surface area contributed by atoms with Crippen molar-refractivity contribution >= 4 is 45.9 Å². The molecule has 0 aliphatic rings. The second-order valence-electron chi connectivity index (χ2n) is 4.36. The lowest BCUT2D eigenvalue weighted by Crippen LogP contribution is -2.21. The second-order valence-corrected chi connectivity index (χ2v) is 5.61. The number of nitrogens with one attached hydrogen (secondary N) is 2. The van der Waals surface area contributed by atoms with E-state index in [-0.39, 0.29) is 12.5 Å². The standard InChI is InChI=1S/C15H14IN3O3/c16-10-4-6-13(7-5-10)22-9-14(20)18-11-2-1-3-12(8-11)19-15(17)21/h1-8H,9H2,(H,18,20)(H3,17,19,21). The first-order valence-electron chi connectivity index (χ1n) is 6.37. The first-order valence-corrected chi connectivity index (χ1v) is 7.45. The lowest BCUT2D eigenvalue weighted by Gasteiger charge is -2.09. The molecule has 0 spiro atoms. The summed E-state index contributed by atoms with van der Waals surface area (Å²) in [7, 11) is 0. The van der Waals surface area contributed by atoms with Gasteiger partial charge in [0.1, 0.15) is 5.75 Å². The number of rotatable bonds is 5. The molecule has 0 saturated heterocycles. The van der Waals surface area contributed by atoms with Gasteiger partial charge in [-0.1, -0.05) is 6.07 Å². The Balaban J connectivity index is 1.89. The maximum absolute atomic E-state index is 11.8. The van der Waals surface area contributed by atoms with E-state index in [2.05, 4.69) is 33.2 Å². The van der Waals surface area contributed by atoms with Gasteiger partial charge < -0.3 is 21.1 Å². The molecule has 2 aromatic rings. The van der Waals surface area contributed by atoms with Crippen molar-refractivity contribution in [3.05, 3.63) is 52.1 Å². The summed E-state index contributed by atoms with van der Waals surface area (Å²) < 4.78 is 6.48. The average molecular weight is 411 g/mol. The van der Waals surface area contributed by atoms with Crippen LogP contribution in [0.5, 0.6) is 5.75 Å². The van der Waals surface area contributed by atoms with Crippen molar-refractivity contribution < 1.29 is 14.3 Å². The predicted octanol–water partition coefficient (Wildman–Crippen LogP) is 2.80. The summed E-state index contributed by atoms with van der Waals surface area (Å²) >= 11 is 2.19. The zero-order valence-corrected chi connectivity index (χ0v) is 13.7. The van der Waals surface area contributed by atoms with Crippen LogP contribution in [0.3, 0.4) is 0 Å². The topological polar surface area (TPSA) is 93.5 Å². The maximum Gasteiger partial charge on any atom is 0.316 e. The SMILES string of the molecule is NC(=O)Nc1cccc(NC(=O)COc2ccc(I)cc2)c1. The van der Waals surface area contributed by atoms with E-state index in [1.165, 1.54) is 0 Å². The minimum Gasteiger partial charge on any atom is -0.484 e. The minimum atomic E-state index is -0.662. The highest BCUT2D eigenvalue weighted by Crippen LogP contribution is 2.16. The van der Waals surface area contributed by atoms with E-state index in [0.29, 0.717) is 17.1 Å². The summed E-state index contributed by atoms with van der Waals surface area (Å²) in [6.45, 7) is -0.103. The van der Waals surface area contributed by atoms with Crippen LogP contribution in [-0.2, 0) is 4.79 Å². The average Bonchev–Trinajstić information content (AvgIpc) is 2.46. The van der Waals surface area contributed by atoms with Crippen LogP contribution in [0.4, 0.5) is 16.2 Å². The van der Waals surface area contributed by atoms with Gasteiger partial charge in [0.2, 0.25) is 0 Å². The van der Waals surface area contributed by atoms with Crippen molar-refractivity contribution in [2.24, 2.45) is 5.73 Å². The Bertz CT molecular complexity index is 674. The number of hydrogen-bond acceptors (Lipinski definition) is 3. The number of carbonyl (C=O) groups excluding carboxylic acids is 2. The molecule has 6 nitrogen and oxygen atoms in total. The van der Waals surface area contributed by atoms with Crippen LogP contribution in [0, 0.1) is 3.57 Å². The first kappa shape index (κ1) is 16.1. The van der Waals surface area contributed by atoms with Crippen LogP contribution in [0.1, 0.15) is 0 Å². The van der Waals surface area contributed by atoms with Gasteiger partial charge in [-0.2, -0.15) is 0 Å². The number of primary amides is 1. The van der Waals surface area contributed by atoms with Crippen LogP contribution in [0.25, 0.3) is 0 Å². The van der Waals surface area contributed by atoms with Crippen LogP contribution >= 0.6 is 22.6 Å². The van der Waals surface area contributed by atoms with Crippen molar-refractivity contribution in [3.8, 4) is 5.75 Å². The molecule has 0 unspecified atom stereocenters. The molecule has 7 heteroatoms. The van der Waals surface area contributed by atoms with E-state index in [1.807, 2.05) is 12.1 Å². The number of hydrogen-bond donors (Lipinski definition) is 3. The summed E-state index contributed by atoms with van der Waals surface area (Å²) in [5.74, 6) is 0.328. The molecule has 2 rings (SSSR count). The molecular formula is C15H14IN3O3. The highest BCUT2D eigenvalue weighted by Gasteiger charge is 2.05. The van der Waals surface area contributed by atoms with Gasteiger partial charge in [0.15, 0.2) is 6.61 Å². The van der Waals surface area contributed by atoms with E-state index in [1.54, 1.807) is 36.4 Å². The van der Waals surface area contributed by atoms with Crippen LogP contribution in [0.2, 0.25) is 0 Å². The highest BCUT2D eigenvalue weighted by molar-refractivity contribution is 14.1. The first-order chi connectivity index (χ1) is 10.5. The predicted molar refractivity (Wildman–Crippen MR) is 92.9 cm³/mol. The lowest BCUT2D eigenvalue weighted by atomic mass is 10.2. The van der Waals surface area contributed by atoms with Crippen LogP contribution < -0.4 is 21.1 Å². The zero-order valence-electron chi connectivity index (χ0n) is 11.5. The number of nitrogens with two attached hydrogens (primary N) is 1. The Kier molecular flexibility index (Phi) is 5.59. The van der Waals surface area contributed by atoms with Gasteiger partial charge in [0.25, 0.3) is 5.91 Å². The summed E-state index contributed by atoms with van der Waals surface area (Å²) in [5.41, 5.74) is 6.09. The Hall–Kier alpha value is -2.29.